The van der Waals surface area contributed by atoms with Gasteiger partial charge < -0.3 is 16.0 Å². The Labute approximate surface area is 115 Å². The third-order valence-corrected chi connectivity index (χ3v) is 4.31. The molecule has 2 aliphatic rings. The van der Waals surface area contributed by atoms with Crippen LogP contribution in [-0.2, 0) is 6.42 Å². The van der Waals surface area contributed by atoms with Gasteiger partial charge in [-0.05, 0) is 36.5 Å². The molecule has 0 radical (unpaired) electrons. The molecular weight excluding hydrogens is 234 g/mol. The second-order valence-electron chi connectivity index (χ2n) is 5.65. The predicted molar refractivity (Wildman–Crippen MR) is 80.5 cm³/mol. The molecule has 1 heterocycles. The first-order valence-corrected chi connectivity index (χ1v) is 7.23. The Balaban J connectivity index is 1.76. The molecule has 1 atom stereocenters. The van der Waals surface area contributed by atoms with Crippen LogP contribution in [0.5, 0.6) is 0 Å². The van der Waals surface area contributed by atoms with Crippen LogP contribution in [0.15, 0.2) is 30.4 Å². The fourth-order valence-corrected chi connectivity index (χ4v) is 3.14. The van der Waals surface area contributed by atoms with Gasteiger partial charge >= 0.3 is 0 Å². The van der Waals surface area contributed by atoms with Crippen LogP contribution < -0.4 is 16.0 Å². The molecule has 3 N–H and O–H groups in total. The molecule has 0 aromatic heterocycles. The Bertz CT molecular complexity index is 473. The zero-order valence-corrected chi connectivity index (χ0v) is 11.6. The molecule has 0 fully saturated rings. The van der Waals surface area contributed by atoms with E-state index in [4.69, 9.17) is 5.73 Å². The van der Waals surface area contributed by atoms with Gasteiger partial charge in [0.1, 0.15) is 0 Å². The number of nitrogens with two attached hydrogens (primary N) is 1. The average molecular weight is 257 g/mol. The van der Waals surface area contributed by atoms with Crippen LogP contribution >= 0.6 is 0 Å². The molecule has 1 aliphatic heterocycles. The minimum absolute atomic E-state index is 0.279. The summed E-state index contributed by atoms with van der Waals surface area (Å²) in [6.45, 7) is 1.79. The number of likely N-dealkylation sites (N-methyl/N-ethyl adjacent to an activating group) is 1. The molecule has 0 amide bonds. The molecule has 0 bridgehead atoms. The molecule has 19 heavy (non-hydrogen) atoms. The third kappa shape index (κ3) is 2.53. The van der Waals surface area contributed by atoms with Gasteiger partial charge in [0.25, 0.3) is 0 Å². The summed E-state index contributed by atoms with van der Waals surface area (Å²) in [5, 5.41) is 3.68. The van der Waals surface area contributed by atoms with Gasteiger partial charge in [0.05, 0.1) is 0 Å². The van der Waals surface area contributed by atoms with Gasteiger partial charge in [-0.2, -0.15) is 0 Å². The summed E-state index contributed by atoms with van der Waals surface area (Å²) in [5.74, 6) is 0. The van der Waals surface area contributed by atoms with Crippen LogP contribution in [0.1, 0.15) is 30.0 Å². The zero-order valence-electron chi connectivity index (χ0n) is 11.6. The van der Waals surface area contributed by atoms with E-state index in [-0.39, 0.29) is 6.04 Å². The van der Waals surface area contributed by atoms with Gasteiger partial charge in [-0.15, -0.1) is 0 Å². The monoisotopic (exact) mass is 257 g/mol. The Hall–Kier alpha value is -1.32. The van der Waals surface area contributed by atoms with E-state index in [1.54, 1.807) is 0 Å². The Morgan fingerprint density at radius 2 is 2.16 bits per heavy atom. The number of hydrogen-bond donors (Lipinski definition) is 2. The summed E-state index contributed by atoms with van der Waals surface area (Å²) in [5.41, 5.74) is 10.1. The fraction of sp³-hybridized carbons (Fsp3) is 0.500. The molecule has 102 valence electrons. The van der Waals surface area contributed by atoms with E-state index in [9.17, 15) is 0 Å². The van der Waals surface area contributed by atoms with E-state index in [0.29, 0.717) is 12.6 Å². The largest absolute Gasteiger partial charge is 0.374 e. The fourth-order valence-electron chi connectivity index (χ4n) is 3.14. The lowest BCUT2D eigenvalue weighted by Gasteiger charge is -2.23. The van der Waals surface area contributed by atoms with Gasteiger partial charge in [-0.3, -0.25) is 0 Å². The standard InChI is InChI=1S/C16H23N3/c1-19-9-8-13-10-12(6-7-16(13)19)15(11-17)18-14-4-2-3-5-14/h2-3,6-7,10,14-15,18H,4-5,8-9,11,17H2,1H3. The van der Waals surface area contributed by atoms with Crippen LogP contribution in [0.4, 0.5) is 5.69 Å². The van der Waals surface area contributed by atoms with E-state index < -0.39 is 0 Å². The Morgan fingerprint density at radius 3 is 2.89 bits per heavy atom. The van der Waals surface area contributed by atoms with Gasteiger partial charge in [0, 0.05) is 37.9 Å². The van der Waals surface area contributed by atoms with E-state index in [0.717, 1.165) is 25.8 Å². The maximum atomic E-state index is 5.96. The predicted octanol–water partition coefficient (Wildman–Crippen LogP) is 1.99. The molecule has 1 aromatic rings. The first-order chi connectivity index (χ1) is 9.28. The van der Waals surface area contributed by atoms with E-state index >= 15 is 0 Å². The lowest BCUT2D eigenvalue weighted by molar-refractivity contribution is 0.453. The van der Waals surface area contributed by atoms with Crippen molar-refractivity contribution in [3.63, 3.8) is 0 Å². The summed E-state index contributed by atoms with van der Waals surface area (Å²) >= 11 is 0. The van der Waals surface area contributed by atoms with Crippen molar-refractivity contribution in [1.82, 2.24) is 5.32 Å². The highest BCUT2D eigenvalue weighted by atomic mass is 15.1. The number of nitrogens with zero attached hydrogens (tertiary/aromatic N) is 1. The lowest BCUT2D eigenvalue weighted by atomic mass is 10.0. The smallest absolute Gasteiger partial charge is 0.0446 e. The maximum Gasteiger partial charge on any atom is 0.0446 e. The minimum Gasteiger partial charge on any atom is -0.374 e. The first-order valence-electron chi connectivity index (χ1n) is 7.23. The van der Waals surface area contributed by atoms with Crippen LogP contribution in [0.3, 0.4) is 0 Å². The number of fused-ring (bicyclic) bond motifs is 1. The normalized spacial score (nSPS) is 20.0. The summed E-state index contributed by atoms with van der Waals surface area (Å²) in [7, 11) is 2.16. The number of anilines is 1. The van der Waals surface area contributed by atoms with Crippen LogP contribution in [0.2, 0.25) is 0 Å². The van der Waals surface area contributed by atoms with Gasteiger partial charge in [0.15, 0.2) is 0 Å². The van der Waals surface area contributed by atoms with Gasteiger partial charge in [-0.1, -0.05) is 24.3 Å². The average Bonchev–Trinajstić information content (AvgIpc) is 3.06. The van der Waals surface area contributed by atoms with Crippen molar-refractivity contribution >= 4 is 5.69 Å². The molecule has 1 aromatic carbocycles. The maximum absolute atomic E-state index is 5.96. The molecule has 3 nitrogen and oxygen atoms in total. The highest BCUT2D eigenvalue weighted by Crippen LogP contribution is 2.29. The van der Waals surface area contributed by atoms with Crippen molar-refractivity contribution in [2.24, 2.45) is 5.73 Å². The minimum atomic E-state index is 0.279. The molecule has 1 aliphatic carbocycles. The molecule has 0 saturated carbocycles. The summed E-state index contributed by atoms with van der Waals surface area (Å²) in [4.78, 5) is 2.32. The number of nitrogens with one attached hydrogen (secondary N) is 1. The molecule has 1 unspecified atom stereocenters. The summed E-state index contributed by atoms with van der Waals surface area (Å²) in [6, 6.07) is 7.65. The van der Waals surface area contributed by atoms with Crippen molar-refractivity contribution in [2.75, 3.05) is 25.0 Å². The quantitative estimate of drug-likeness (QED) is 0.811. The van der Waals surface area contributed by atoms with Crippen LogP contribution in [0.25, 0.3) is 0 Å². The third-order valence-electron chi connectivity index (χ3n) is 4.31. The lowest BCUT2D eigenvalue weighted by Crippen LogP contribution is -2.35. The van der Waals surface area contributed by atoms with Crippen molar-refractivity contribution < 1.29 is 0 Å². The molecular formula is C16H23N3. The second kappa shape index (κ2) is 5.35. The molecule has 3 rings (SSSR count). The van der Waals surface area contributed by atoms with Crippen molar-refractivity contribution in [1.29, 1.82) is 0 Å². The number of hydrogen-bond acceptors (Lipinski definition) is 3. The number of benzene rings is 1. The van der Waals surface area contributed by atoms with Crippen molar-refractivity contribution in [2.45, 2.75) is 31.3 Å². The van der Waals surface area contributed by atoms with Gasteiger partial charge in [-0.25, -0.2) is 0 Å². The second-order valence-corrected chi connectivity index (χ2v) is 5.65. The van der Waals surface area contributed by atoms with Crippen molar-refractivity contribution in [3.05, 3.63) is 41.5 Å². The highest BCUT2D eigenvalue weighted by Gasteiger charge is 2.20. The zero-order chi connectivity index (χ0) is 13.2. The van der Waals surface area contributed by atoms with Gasteiger partial charge in [0.2, 0.25) is 0 Å². The van der Waals surface area contributed by atoms with Crippen molar-refractivity contribution in [3.8, 4) is 0 Å². The Morgan fingerprint density at radius 1 is 1.37 bits per heavy atom. The topological polar surface area (TPSA) is 41.3 Å². The SMILES string of the molecule is CN1CCc2cc(C(CN)NC3CC=CC3)ccc21. The molecule has 0 spiro atoms. The first kappa shape index (κ1) is 12.7. The summed E-state index contributed by atoms with van der Waals surface area (Å²) < 4.78 is 0. The number of rotatable bonds is 4. The van der Waals surface area contributed by atoms with Crippen LogP contribution in [0, 0.1) is 0 Å². The Kier molecular flexibility index (Phi) is 3.58. The molecule has 3 heteroatoms. The van der Waals surface area contributed by atoms with E-state index in [1.165, 1.54) is 16.8 Å². The van der Waals surface area contributed by atoms with Crippen LogP contribution in [-0.4, -0.2) is 26.2 Å². The highest BCUT2D eigenvalue weighted by molar-refractivity contribution is 5.58. The van der Waals surface area contributed by atoms with E-state index in [2.05, 4.69) is 47.6 Å². The summed E-state index contributed by atoms with van der Waals surface area (Å²) in [6.07, 6.45) is 7.92. The van der Waals surface area contributed by atoms with E-state index in [1.807, 2.05) is 0 Å². The molecule has 0 saturated heterocycles.